The molecule has 0 radical (unpaired) electrons. The van der Waals surface area contributed by atoms with Gasteiger partial charge in [-0.05, 0) is 50.5 Å². The third kappa shape index (κ3) is 5.67. The molecule has 2 aliphatic rings. The lowest BCUT2D eigenvalue weighted by Crippen LogP contribution is -2.54. The van der Waals surface area contributed by atoms with Gasteiger partial charge in [-0.2, -0.15) is 0 Å². The van der Waals surface area contributed by atoms with E-state index < -0.39 is 0 Å². The number of carbonyl (C=O) groups excluding carboxylic acids is 2. The Morgan fingerprint density at radius 3 is 2.26 bits per heavy atom. The van der Waals surface area contributed by atoms with Crippen LogP contribution >= 0.6 is 11.6 Å². The lowest BCUT2D eigenvalue weighted by molar-refractivity contribution is -0.134. The van der Waals surface area contributed by atoms with Crippen LogP contribution in [0, 0.1) is 0 Å². The maximum atomic E-state index is 12.5. The minimum Gasteiger partial charge on any atom is -0.342 e. The minimum atomic E-state index is -0.208. The van der Waals surface area contributed by atoms with Crippen LogP contribution in [0.5, 0.6) is 0 Å². The summed E-state index contributed by atoms with van der Waals surface area (Å²) < 4.78 is 0. The van der Waals surface area contributed by atoms with Crippen LogP contribution in [-0.4, -0.2) is 78.4 Å². The molecule has 3 rings (SSSR count). The zero-order chi connectivity index (χ0) is 19.2. The number of benzene rings is 1. The van der Waals surface area contributed by atoms with Crippen LogP contribution in [0.15, 0.2) is 24.3 Å². The molecule has 1 aromatic rings. The summed E-state index contributed by atoms with van der Waals surface area (Å²) in [7, 11) is 0. The van der Waals surface area contributed by atoms with E-state index in [1.54, 1.807) is 24.3 Å². The van der Waals surface area contributed by atoms with E-state index in [2.05, 4.69) is 15.1 Å². The molecule has 0 aromatic heterocycles. The molecule has 2 saturated heterocycles. The Hall–Kier alpha value is -1.63. The Bertz CT molecular complexity index is 638. The highest BCUT2D eigenvalue weighted by atomic mass is 35.5. The predicted molar refractivity (Wildman–Crippen MR) is 108 cm³/mol. The quantitative estimate of drug-likeness (QED) is 0.835. The standard InChI is InChI=1S/C20H29ClN4O2/c1-16(20(27)22-18-7-5-17(21)6-8-18)24-13-11-23(12-14-24)15-19(26)25-9-3-2-4-10-25/h5-8,16H,2-4,9-15H2,1H3,(H,22,27)/t16-/m0/s1. The van der Waals surface area contributed by atoms with Crippen LogP contribution in [0.2, 0.25) is 5.02 Å². The number of hydrogen-bond donors (Lipinski definition) is 1. The molecule has 1 atom stereocenters. The van der Waals surface area contributed by atoms with E-state index in [4.69, 9.17) is 11.6 Å². The third-order valence-electron chi connectivity index (χ3n) is 5.51. The first-order valence-electron chi connectivity index (χ1n) is 9.83. The van der Waals surface area contributed by atoms with Crippen molar-refractivity contribution in [3.05, 3.63) is 29.3 Å². The highest BCUT2D eigenvalue weighted by Gasteiger charge is 2.27. The van der Waals surface area contributed by atoms with Gasteiger partial charge in [-0.1, -0.05) is 11.6 Å². The molecule has 148 valence electrons. The van der Waals surface area contributed by atoms with Crippen molar-refractivity contribution >= 4 is 29.1 Å². The maximum Gasteiger partial charge on any atom is 0.241 e. The molecule has 0 unspecified atom stereocenters. The van der Waals surface area contributed by atoms with Crippen molar-refractivity contribution in [1.82, 2.24) is 14.7 Å². The van der Waals surface area contributed by atoms with Gasteiger partial charge >= 0.3 is 0 Å². The number of nitrogens with zero attached hydrogens (tertiary/aromatic N) is 3. The van der Waals surface area contributed by atoms with Gasteiger partial charge in [-0.25, -0.2) is 0 Å². The second-order valence-electron chi connectivity index (χ2n) is 7.43. The van der Waals surface area contributed by atoms with E-state index in [1.165, 1.54) is 6.42 Å². The SMILES string of the molecule is C[C@@H](C(=O)Nc1ccc(Cl)cc1)N1CCN(CC(=O)N2CCCCC2)CC1. The van der Waals surface area contributed by atoms with Crippen LogP contribution in [0.1, 0.15) is 26.2 Å². The smallest absolute Gasteiger partial charge is 0.241 e. The second kappa shape index (κ2) is 9.53. The number of anilines is 1. The number of nitrogens with one attached hydrogen (secondary N) is 1. The summed E-state index contributed by atoms with van der Waals surface area (Å²) in [4.78, 5) is 31.3. The van der Waals surface area contributed by atoms with E-state index >= 15 is 0 Å². The summed E-state index contributed by atoms with van der Waals surface area (Å²) in [6, 6.07) is 6.93. The summed E-state index contributed by atoms with van der Waals surface area (Å²) in [5, 5.41) is 3.59. The topological polar surface area (TPSA) is 55.9 Å². The van der Waals surface area contributed by atoms with Crippen molar-refractivity contribution in [2.45, 2.75) is 32.2 Å². The molecule has 2 amide bonds. The number of likely N-dealkylation sites (tertiary alicyclic amines) is 1. The number of carbonyl (C=O) groups is 2. The van der Waals surface area contributed by atoms with Crippen molar-refractivity contribution in [2.24, 2.45) is 0 Å². The Balaban J connectivity index is 1.43. The van der Waals surface area contributed by atoms with E-state index in [0.717, 1.165) is 57.8 Å². The molecular formula is C20H29ClN4O2. The van der Waals surface area contributed by atoms with E-state index in [1.807, 2.05) is 11.8 Å². The Morgan fingerprint density at radius 1 is 1.00 bits per heavy atom. The average molecular weight is 393 g/mol. The summed E-state index contributed by atoms with van der Waals surface area (Å²) in [6.45, 7) is 7.46. The number of halogens is 1. The summed E-state index contributed by atoms with van der Waals surface area (Å²) >= 11 is 5.88. The summed E-state index contributed by atoms with van der Waals surface area (Å²) in [5.41, 5.74) is 0.752. The molecule has 2 fully saturated rings. The molecule has 27 heavy (non-hydrogen) atoms. The average Bonchev–Trinajstić information content (AvgIpc) is 2.70. The van der Waals surface area contributed by atoms with E-state index in [-0.39, 0.29) is 17.9 Å². The number of hydrogen-bond acceptors (Lipinski definition) is 4. The van der Waals surface area contributed by atoms with Crippen LogP contribution < -0.4 is 5.32 Å². The van der Waals surface area contributed by atoms with Gasteiger partial charge in [0.05, 0.1) is 12.6 Å². The zero-order valence-corrected chi connectivity index (χ0v) is 16.7. The van der Waals surface area contributed by atoms with Crippen LogP contribution in [-0.2, 0) is 9.59 Å². The Kier molecular flexibility index (Phi) is 7.10. The van der Waals surface area contributed by atoms with Gasteiger partial charge in [-0.15, -0.1) is 0 Å². The number of piperidine rings is 1. The second-order valence-corrected chi connectivity index (χ2v) is 7.86. The van der Waals surface area contributed by atoms with Gasteiger partial charge in [0.2, 0.25) is 11.8 Å². The molecule has 0 saturated carbocycles. The largest absolute Gasteiger partial charge is 0.342 e. The van der Waals surface area contributed by atoms with Crippen LogP contribution in [0.4, 0.5) is 5.69 Å². The van der Waals surface area contributed by atoms with Gasteiger partial charge in [0, 0.05) is 50.0 Å². The first-order valence-corrected chi connectivity index (χ1v) is 10.2. The summed E-state index contributed by atoms with van der Waals surface area (Å²) in [6.07, 6.45) is 3.48. The van der Waals surface area contributed by atoms with E-state index in [9.17, 15) is 9.59 Å². The van der Waals surface area contributed by atoms with Gasteiger partial charge in [0.1, 0.15) is 0 Å². The van der Waals surface area contributed by atoms with Crippen molar-refractivity contribution < 1.29 is 9.59 Å². The fourth-order valence-electron chi connectivity index (χ4n) is 3.69. The Labute approximate surface area is 166 Å². The van der Waals surface area contributed by atoms with Gasteiger partial charge in [0.15, 0.2) is 0 Å². The molecular weight excluding hydrogens is 364 g/mol. The van der Waals surface area contributed by atoms with Gasteiger partial charge in [-0.3, -0.25) is 19.4 Å². The van der Waals surface area contributed by atoms with E-state index in [0.29, 0.717) is 11.6 Å². The third-order valence-corrected chi connectivity index (χ3v) is 5.77. The predicted octanol–water partition coefficient (Wildman–Crippen LogP) is 2.30. The van der Waals surface area contributed by atoms with Crippen LogP contribution in [0.25, 0.3) is 0 Å². The molecule has 0 aliphatic carbocycles. The molecule has 1 N–H and O–H groups in total. The number of piperazine rings is 1. The number of rotatable bonds is 5. The first-order chi connectivity index (χ1) is 13.0. The van der Waals surface area contributed by atoms with Crippen molar-refractivity contribution in [3.8, 4) is 0 Å². The minimum absolute atomic E-state index is 0.0184. The van der Waals surface area contributed by atoms with Crippen molar-refractivity contribution in [2.75, 3.05) is 51.1 Å². The lowest BCUT2D eigenvalue weighted by Gasteiger charge is -2.38. The molecule has 1 aromatic carbocycles. The van der Waals surface area contributed by atoms with Crippen molar-refractivity contribution in [1.29, 1.82) is 0 Å². The fraction of sp³-hybridized carbons (Fsp3) is 0.600. The molecule has 6 nitrogen and oxygen atoms in total. The summed E-state index contributed by atoms with van der Waals surface area (Å²) in [5.74, 6) is 0.229. The zero-order valence-electron chi connectivity index (χ0n) is 16.0. The monoisotopic (exact) mass is 392 g/mol. The normalized spacial score (nSPS) is 20.3. The molecule has 7 heteroatoms. The fourth-order valence-corrected chi connectivity index (χ4v) is 3.82. The molecule has 2 aliphatic heterocycles. The first kappa shape index (κ1) is 20.1. The highest BCUT2D eigenvalue weighted by molar-refractivity contribution is 6.30. The van der Waals surface area contributed by atoms with Crippen molar-refractivity contribution in [3.63, 3.8) is 0 Å². The van der Waals surface area contributed by atoms with Gasteiger partial charge < -0.3 is 10.2 Å². The number of amides is 2. The van der Waals surface area contributed by atoms with Gasteiger partial charge in [0.25, 0.3) is 0 Å². The maximum absolute atomic E-state index is 12.5. The molecule has 2 heterocycles. The molecule has 0 bridgehead atoms. The molecule has 0 spiro atoms. The highest BCUT2D eigenvalue weighted by Crippen LogP contribution is 2.15. The lowest BCUT2D eigenvalue weighted by atomic mass is 10.1. The Morgan fingerprint density at radius 2 is 1.63 bits per heavy atom. The van der Waals surface area contributed by atoms with Crippen LogP contribution in [0.3, 0.4) is 0 Å².